The fraction of sp³-hybridized carbons (Fsp3) is 0. The van der Waals surface area contributed by atoms with E-state index in [2.05, 4.69) is 174 Å². The third-order valence-electron chi connectivity index (χ3n) is 11.2. The van der Waals surface area contributed by atoms with Crippen LogP contribution in [0.1, 0.15) is 0 Å². The standard InChI is InChI=1S/C51H30N4O/c1-2-17-33(18-3-1)55-43-26-12-10-24-39(43)46-40(25-14-27-44(46)55)49-52-50(42-30-31-15-4-6-19-34(31)36-21-8-9-22-37(36)42)54-51(53-49)47-35-20-7-5-16-32(35)29-41-38-23-11-13-28-45(38)56-48(41)47/h1-30H. The van der Waals surface area contributed by atoms with Crippen LogP contribution in [0.25, 0.3) is 116 Å². The Balaban J connectivity index is 1.23. The number of hydrogen-bond acceptors (Lipinski definition) is 4. The van der Waals surface area contributed by atoms with Crippen molar-refractivity contribution in [3.05, 3.63) is 182 Å². The van der Waals surface area contributed by atoms with Crippen molar-refractivity contribution in [3.8, 4) is 39.9 Å². The van der Waals surface area contributed by atoms with E-state index in [1.807, 2.05) is 12.1 Å². The van der Waals surface area contributed by atoms with E-state index in [1.54, 1.807) is 0 Å². The fourth-order valence-corrected chi connectivity index (χ4v) is 8.77. The average molecular weight is 715 g/mol. The Hall–Kier alpha value is -7.63. The molecule has 0 unspecified atom stereocenters. The quantitative estimate of drug-likeness (QED) is 0.170. The maximum Gasteiger partial charge on any atom is 0.168 e. The van der Waals surface area contributed by atoms with E-state index in [9.17, 15) is 0 Å². The first-order valence-electron chi connectivity index (χ1n) is 18.9. The van der Waals surface area contributed by atoms with Crippen LogP contribution in [-0.4, -0.2) is 19.5 Å². The topological polar surface area (TPSA) is 56.7 Å². The van der Waals surface area contributed by atoms with Crippen LogP contribution in [0.5, 0.6) is 0 Å². The maximum absolute atomic E-state index is 6.74. The molecule has 0 saturated carbocycles. The van der Waals surface area contributed by atoms with E-state index in [1.165, 1.54) is 5.39 Å². The molecule has 5 nitrogen and oxygen atoms in total. The van der Waals surface area contributed by atoms with Crippen LogP contribution in [0, 0.1) is 0 Å². The largest absolute Gasteiger partial charge is 0.455 e. The molecule has 0 atom stereocenters. The molecule has 5 heteroatoms. The summed E-state index contributed by atoms with van der Waals surface area (Å²) in [5, 5.41) is 11.0. The smallest absolute Gasteiger partial charge is 0.168 e. The van der Waals surface area contributed by atoms with Gasteiger partial charge in [-0.05, 0) is 74.8 Å². The minimum atomic E-state index is 0.562. The minimum absolute atomic E-state index is 0.562. The van der Waals surface area contributed by atoms with Crippen molar-refractivity contribution in [2.45, 2.75) is 0 Å². The van der Waals surface area contributed by atoms with E-state index in [0.717, 1.165) is 93.1 Å². The first-order valence-corrected chi connectivity index (χ1v) is 18.9. The number of fused-ring (bicyclic) bond motifs is 10. The Labute approximate surface area is 320 Å². The summed E-state index contributed by atoms with van der Waals surface area (Å²) in [6.45, 7) is 0. The van der Waals surface area contributed by atoms with Gasteiger partial charge in [0.25, 0.3) is 0 Å². The van der Waals surface area contributed by atoms with Gasteiger partial charge < -0.3 is 8.98 Å². The molecule has 12 rings (SSSR count). The highest BCUT2D eigenvalue weighted by Crippen LogP contribution is 2.43. The number of hydrogen-bond donors (Lipinski definition) is 0. The van der Waals surface area contributed by atoms with Gasteiger partial charge in [0.05, 0.1) is 16.6 Å². The Morgan fingerprint density at radius 3 is 1.79 bits per heavy atom. The van der Waals surface area contributed by atoms with E-state index >= 15 is 0 Å². The fourth-order valence-electron chi connectivity index (χ4n) is 8.77. The third kappa shape index (κ3) is 4.52. The Kier molecular flexibility index (Phi) is 6.56. The predicted octanol–water partition coefficient (Wildman–Crippen LogP) is 13.3. The minimum Gasteiger partial charge on any atom is -0.455 e. The van der Waals surface area contributed by atoms with Gasteiger partial charge in [0.2, 0.25) is 0 Å². The lowest BCUT2D eigenvalue weighted by molar-refractivity contribution is 0.670. The van der Waals surface area contributed by atoms with Crippen LogP contribution in [0.15, 0.2) is 186 Å². The van der Waals surface area contributed by atoms with E-state index in [-0.39, 0.29) is 0 Å². The summed E-state index contributed by atoms with van der Waals surface area (Å²) in [6, 6.07) is 63.7. The second-order valence-corrected chi connectivity index (χ2v) is 14.3. The summed E-state index contributed by atoms with van der Waals surface area (Å²) in [5.74, 6) is 1.76. The van der Waals surface area contributed by atoms with Crippen molar-refractivity contribution in [2.75, 3.05) is 0 Å². The summed E-state index contributed by atoms with van der Waals surface area (Å²) >= 11 is 0. The number of para-hydroxylation sites is 3. The molecule has 0 aliphatic carbocycles. The lowest BCUT2D eigenvalue weighted by atomic mass is 9.96. The van der Waals surface area contributed by atoms with Crippen LogP contribution in [0.3, 0.4) is 0 Å². The third-order valence-corrected chi connectivity index (χ3v) is 11.2. The van der Waals surface area contributed by atoms with Gasteiger partial charge in [-0.25, -0.2) is 15.0 Å². The molecule has 0 aliphatic heterocycles. The lowest BCUT2D eigenvalue weighted by Gasteiger charge is -2.14. The Morgan fingerprint density at radius 1 is 0.375 bits per heavy atom. The molecule has 0 fully saturated rings. The van der Waals surface area contributed by atoms with E-state index < -0.39 is 0 Å². The number of rotatable bonds is 4. The van der Waals surface area contributed by atoms with Gasteiger partial charge in [0.15, 0.2) is 17.5 Å². The average Bonchev–Trinajstić information content (AvgIpc) is 3.81. The predicted molar refractivity (Wildman–Crippen MR) is 230 cm³/mol. The SMILES string of the molecule is c1ccc(-n2c3ccccc3c3c(-c4nc(-c5cc6ccccc6c6ccccc56)nc(-c5c6ccccc6cc6c5oc5ccccc56)n4)cccc32)cc1. The maximum atomic E-state index is 6.74. The van der Waals surface area contributed by atoms with Gasteiger partial charge in [0, 0.05) is 38.4 Å². The van der Waals surface area contributed by atoms with Gasteiger partial charge >= 0.3 is 0 Å². The molecule has 12 aromatic rings. The van der Waals surface area contributed by atoms with E-state index in [0.29, 0.717) is 17.5 Å². The van der Waals surface area contributed by atoms with Crippen LogP contribution < -0.4 is 0 Å². The highest BCUT2D eigenvalue weighted by Gasteiger charge is 2.24. The molecule has 0 radical (unpaired) electrons. The second-order valence-electron chi connectivity index (χ2n) is 14.3. The zero-order valence-corrected chi connectivity index (χ0v) is 30.0. The van der Waals surface area contributed by atoms with E-state index in [4.69, 9.17) is 19.4 Å². The summed E-state index contributed by atoms with van der Waals surface area (Å²) in [4.78, 5) is 16.3. The molecule has 0 N–H and O–H groups in total. The van der Waals surface area contributed by atoms with Crippen LogP contribution in [-0.2, 0) is 0 Å². The molecule has 0 bridgehead atoms. The monoisotopic (exact) mass is 714 g/mol. The van der Waals surface area contributed by atoms with Gasteiger partial charge in [0.1, 0.15) is 11.2 Å². The first kappa shape index (κ1) is 30.8. The van der Waals surface area contributed by atoms with Crippen LogP contribution in [0.2, 0.25) is 0 Å². The number of benzene rings is 9. The molecule has 0 amide bonds. The molecular weight excluding hydrogens is 685 g/mol. The molecule has 56 heavy (non-hydrogen) atoms. The van der Waals surface area contributed by atoms with Crippen molar-refractivity contribution in [1.29, 1.82) is 0 Å². The van der Waals surface area contributed by atoms with Crippen molar-refractivity contribution in [2.24, 2.45) is 0 Å². The summed E-state index contributed by atoms with van der Waals surface area (Å²) in [6.07, 6.45) is 0. The van der Waals surface area contributed by atoms with Crippen molar-refractivity contribution >= 4 is 76.1 Å². The highest BCUT2D eigenvalue weighted by atomic mass is 16.3. The zero-order chi connectivity index (χ0) is 36.7. The van der Waals surface area contributed by atoms with Crippen molar-refractivity contribution in [3.63, 3.8) is 0 Å². The van der Waals surface area contributed by atoms with Gasteiger partial charge in [-0.15, -0.1) is 0 Å². The first-order chi connectivity index (χ1) is 27.8. The van der Waals surface area contributed by atoms with Gasteiger partial charge in [-0.3, -0.25) is 0 Å². The Morgan fingerprint density at radius 2 is 0.964 bits per heavy atom. The van der Waals surface area contributed by atoms with Gasteiger partial charge in [-0.2, -0.15) is 0 Å². The number of nitrogens with zero attached hydrogens (tertiary/aromatic N) is 4. The molecule has 3 heterocycles. The van der Waals surface area contributed by atoms with Crippen molar-refractivity contribution in [1.82, 2.24) is 19.5 Å². The molecule has 3 aromatic heterocycles. The lowest BCUT2D eigenvalue weighted by Crippen LogP contribution is -2.02. The van der Waals surface area contributed by atoms with Crippen LogP contribution >= 0.6 is 0 Å². The van der Waals surface area contributed by atoms with Crippen LogP contribution in [0.4, 0.5) is 0 Å². The zero-order valence-electron chi connectivity index (χ0n) is 30.0. The summed E-state index contributed by atoms with van der Waals surface area (Å²) < 4.78 is 9.07. The summed E-state index contributed by atoms with van der Waals surface area (Å²) in [5.41, 5.74) is 7.62. The molecule has 260 valence electrons. The Bertz CT molecular complexity index is 3540. The molecule has 0 saturated heterocycles. The highest BCUT2D eigenvalue weighted by molar-refractivity contribution is 6.19. The molecule has 0 aliphatic rings. The van der Waals surface area contributed by atoms with Crippen molar-refractivity contribution < 1.29 is 4.42 Å². The number of aromatic nitrogens is 4. The molecule has 9 aromatic carbocycles. The molecule has 0 spiro atoms. The normalized spacial score (nSPS) is 11.9. The number of furan rings is 1. The second kappa shape index (κ2) is 11.9. The van der Waals surface area contributed by atoms with Gasteiger partial charge in [-0.1, -0.05) is 140 Å². The summed E-state index contributed by atoms with van der Waals surface area (Å²) in [7, 11) is 0. The molecular formula is C51H30N4O.